The van der Waals surface area contributed by atoms with Gasteiger partial charge in [0.25, 0.3) is 0 Å². The number of nitrogens with two attached hydrogens (primary N) is 1. The summed E-state index contributed by atoms with van der Waals surface area (Å²) in [5.74, 6) is 0.842. The Morgan fingerprint density at radius 2 is 2.20 bits per heavy atom. The van der Waals surface area contributed by atoms with Crippen molar-refractivity contribution in [3.8, 4) is 0 Å². The van der Waals surface area contributed by atoms with Crippen LogP contribution in [0, 0.1) is 11.3 Å². The molecule has 2 heterocycles. The van der Waals surface area contributed by atoms with Gasteiger partial charge in [-0.25, -0.2) is 4.98 Å². The molecule has 1 aliphatic carbocycles. The van der Waals surface area contributed by atoms with E-state index in [0.717, 1.165) is 49.2 Å². The summed E-state index contributed by atoms with van der Waals surface area (Å²) in [6.45, 7) is 6.12. The van der Waals surface area contributed by atoms with Crippen molar-refractivity contribution in [3.63, 3.8) is 0 Å². The van der Waals surface area contributed by atoms with E-state index in [9.17, 15) is 4.79 Å². The SMILES string of the molecule is CC1CCCN(Cc2csc(NC(=O)CC3(CN)CCCCC3)n2)C1. The molecule has 0 radical (unpaired) electrons. The molecule has 0 aromatic carbocycles. The standard InChI is InChI=1S/C19H32N4OS/c1-15-6-5-9-23(11-15)12-16-13-25-18(21-16)22-17(24)10-19(14-20)7-3-2-4-8-19/h13,15H,2-12,14,20H2,1H3,(H,21,22,24). The molecule has 2 fully saturated rings. The number of carbonyl (C=O) groups excluding carboxylic acids is 1. The molecule has 1 aliphatic heterocycles. The number of aromatic nitrogens is 1. The Balaban J connectivity index is 1.51. The number of nitrogens with one attached hydrogen (secondary N) is 1. The van der Waals surface area contributed by atoms with Crippen LogP contribution in [0.15, 0.2) is 5.38 Å². The predicted molar refractivity (Wildman–Crippen MR) is 104 cm³/mol. The summed E-state index contributed by atoms with van der Waals surface area (Å²) in [5, 5.41) is 5.82. The van der Waals surface area contributed by atoms with Gasteiger partial charge in [-0.2, -0.15) is 0 Å². The average molecular weight is 365 g/mol. The molecule has 2 aliphatic rings. The maximum atomic E-state index is 12.5. The Labute approximate surface area is 155 Å². The molecular weight excluding hydrogens is 332 g/mol. The first-order valence-electron chi connectivity index (χ1n) is 9.75. The van der Waals surface area contributed by atoms with Crippen LogP contribution in [0.3, 0.4) is 0 Å². The zero-order valence-electron chi connectivity index (χ0n) is 15.4. The van der Waals surface area contributed by atoms with Gasteiger partial charge >= 0.3 is 0 Å². The van der Waals surface area contributed by atoms with E-state index < -0.39 is 0 Å². The van der Waals surface area contributed by atoms with Crippen LogP contribution < -0.4 is 11.1 Å². The van der Waals surface area contributed by atoms with Crippen molar-refractivity contribution in [2.45, 2.75) is 64.8 Å². The summed E-state index contributed by atoms with van der Waals surface area (Å²) < 4.78 is 0. The molecule has 3 rings (SSSR count). The lowest BCUT2D eigenvalue weighted by Crippen LogP contribution is -2.36. The lowest BCUT2D eigenvalue weighted by atomic mass is 9.72. The molecule has 140 valence electrons. The average Bonchev–Trinajstić information content (AvgIpc) is 3.02. The number of nitrogens with zero attached hydrogens (tertiary/aromatic N) is 2. The minimum atomic E-state index is 0.00631. The van der Waals surface area contributed by atoms with Gasteiger partial charge in [0.1, 0.15) is 0 Å². The third-order valence-corrected chi connectivity index (χ3v) is 6.61. The zero-order valence-corrected chi connectivity index (χ0v) is 16.2. The van der Waals surface area contributed by atoms with E-state index in [1.807, 2.05) is 0 Å². The summed E-state index contributed by atoms with van der Waals surface area (Å²) in [5.41, 5.74) is 7.08. The van der Waals surface area contributed by atoms with E-state index >= 15 is 0 Å². The highest BCUT2D eigenvalue weighted by Gasteiger charge is 2.33. The highest BCUT2D eigenvalue weighted by molar-refractivity contribution is 7.13. The van der Waals surface area contributed by atoms with Crippen molar-refractivity contribution < 1.29 is 4.79 Å². The topological polar surface area (TPSA) is 71.2 Å². The Morgan fingerprint density at radius 1 is 1.40 bits per heavy atom. The van der Waals surface area contributed by atoms with E-state index in [1.54, 1.807) is 0 Å². The molecule has 0 bridgehead atoms. The Hall–Kier alpha value is -0.980. The third kappa shape index (κ3) is 5.25. The normalized spacial score (nSPS) is 24.2. The van der Waals surface area contributed by atoms with Crippen molar-refractivity contribution in [1.82, 2.24) is 9.88 Å². The fourth-order valence-corrected chi connectivity index (χ4v) is 5.07. The number of carbonyl (C=O) groups is 1. The van der Waals surface area contributed by atoms with Gasteiger partial charge in [-0.3, -0.25) is 9.69 Å². The Morgan fingerprint density at radius 3 is 2.92 bits per heavy atom. The molecule has 3 N–H and O–H groups in total. The molecule has 1 saturated heterocycles. The lowest BCUT2D eigenvalue weighted by molar-refractivity contribution is -0.118. The quantitative estimate of drug-likeness (QED) is 0.809. The first-order valence-corrected chi connectivity index (χ1v) is 10.6. The van der Waals surface area contributed by atoms with Gasteiger partial charge in [-0.05, 0) is 50.1 Å². The fourth-order valence-electron chi connectivity index (χ4n) is 4.36. The van der Waals surface area contributed by atoms with Gasteiger partial charge < -0.3 is 11.1 Å². The zero-order chi connectivity index (χ0) is 17.7. The second-order valence-electron chi connectivity index (χ2n) is 8.12. The van der Waals surface area contributed by atoms with Crippen molar-refractivity contribution in [2.75, 3.05) is 25.0 Å². The highest BCUT2D eigenvalue weighted by atomic mass is 32.1. The minimum Gasteiger partial charge on any atom is -0.330 e. The van der Waals surface area contributed by atoms with E-state index in [2.05, 4.69) is 27.5 Å². The van der Waals surface area contributed by atoms with Crippen molar-refractivity contribution in [2.24, 2.45) is 17.1 Å². The number of rotatable bonds is 6. The van der Waals surface area contributed by atoms with Crippen LogP contribution >= 0.6 is 11.3 Å². The summed E-state index contributed by atoms with van der Waals surface area (Å²) in [7, 11) is 0. The number of amides is 1. The maximum absolute atomic E-state index is 12.5. The minimum absolute atomic E-state index is 0.00631. The predicted octanol–water partition coefficient (Wildman–Crippen LogP) is 3.61. The third-order valence-electron chi connectivity index (χ3n) is 5.81. The molecule has 1 atom stereocenters. The van der Waals surface area contributed by atoms with E-state index in [4.69, 9.17) is 5.73 Å². The second kappa shape index (κ2) is 8.60. The Bertz CT molecular complexity index is 568. The van der Waals surface area contributed by atoms with Crippen molar-refractivity contribution >= 4 is 22.4 Å². The van der Waals surface area contributed by atoms with Crippen molar-refractivity contribution in [3.05, 3.63) is 11.1 Å². The maximum Gasteiger partial charge on any atom is 0.226 e. The van der Waals surface area contributed by atoms with Gasteiger partial charge in [0.05, 0.1) is 5.69 Å². The van der Waals surface area contributed by atoms with Gasteiger partial charge in [0.15, 0.2) is 5.13 Å². The molecule has 1 aromatic rings. The summed E-state index contributed by atoms with van der Waals surface area (Å²) in [6, 6.07) is 0. The van der Waals surface area contributed by atoms with Crippen LogP contribution in [0.1, 0.15) is 64.0 Å². The molecule has 25 heavy (non-hydrogen) atoms. The number of likely N-dealkylation sites (tertiary alicyclic amines) is 1. The first kappa shape index (κ1) is 18.8. The molecule has 1 aromatic heterocycles. The first-order chi connectivity index (χ1) is 12.1. The van der Waals surface area contributed by atoms with E-state index in [1.165, 1.54) is 43.4 Å². The van der Waals surface area contributed by atoms with Crippen molar-refractivity contribution in [1.29, 1.82) is 0 Å². The van der Waals surface area contributed by atoms with E-state index in [-0.39, 0.29) is 11.3 Å². The molecule has 5 nitrogen and oxygen atoms in total. The Kier molecular flexibility index (Phi) is 6.47. The summed E-state index contributed by atoms with van der Waals surface area (Å²) in [4.78, 5) is 19.6. The van der Waals surface area contributed by atoms with Gasteiger partial charge in [0, 0.05) is 24.9 Å². The number of hydrogen-bond donors (Lipinski definition) is 2. The van der Waals surface area contributed by atoms with Gasteiger partial charge in [-0.1, -0.05) is 26.2 Å². The molecule has 1 saturated carbocycles. The van der Waals surface area contributed by atoms with E-state index in [0.29, 0.717) is 13.0 Å². The number of anilines is 1. The molecule has 0 spiro atoms. The summed E-state index contributed by atoms with van der Waals surface area (Å²) in [6.07, 6.45) is 8.95. The van der Waals surface area contributed by atoms with Crippen LogP contribution in [-0.2, 0) is 11.3 Å². The summed E-state index contributed by atoms with van der Waals surface area (Å²) >= 11 is 1.53. The molecule has 1 unspecified atom stereocenters. The molecule has 1 amide bonds. The molecule has 6 heteroatoms. The van der Waals surface area contributed by atoms with Crippen LogP contribution in [-0.4, -0.2) is 35.4 Å². The van der Waals surface area contributed by atoms with Crippen LogP contribution in [0.2, 0.25) is 0 Å². The highest BCUT2D eigenvalue weighted by Crippen LogP contribution is 2.38. The van der Waals surface area contributed by atoms with Gasteiger partial charge in [-0.15, -0.1) is 11.3 Å². The second-order valence-corrected chi connectivity index (χ2v) is 8.97. The smallest absolute Gasteiger partial charge is 0.226 e. The van der Waals surface area contributed by atoms with Crippen LogP contribution in [0.5, 0.6) is 0 Å². The fraction of sp³-hybridized carbons (Fsp3) is 0.789. The largest absolute Gasteiger partial charge is 0.330 e. The monoisotopic (exact) mass is 364 g/mol. The number of piperidine rings is 1. The number of hydrogen-bond acceptors (Lipinski definition) is 5. The lowest BCUT2D eigenvalue weighted by Gasteiger charge is -2.35. The van der Waals surface area contributed by atoms with Crippen LogP contribution in [0.4, 0.5) is 5.13 Å². The molecular formula is C19H32N4OS. The van der Waals surface area contributed by atoms with Crippen LogP contribution in [0.25, 0.3) is 0 Å². The van der Waals surface area contributed by atoms with Gasteiger partial charge in [0.2, 0.25) is 5.91 Å². The number of thiazole rings is 1.